The first-order chi connectivity index (χ1) is 16.1. The van der Waals surface area contributed by atoms with E-state index in [1.165, 1.54) is 43.4 Å². The van der Waals surface area contributed by atoms with Crippen LogP contribution in [0.15, 0.2) is 35.9 Å². The highest BCUT2D eigenvalue weighted by atomic mass is 32.1. The van der Waals surface area contributed by atoms with Gasteiger partial charge in [-0.1, -0.05) is 23.0 Å². The number of benzene rings is 1. The molecule has 0 spiro atoms. The Labute approximate surface area is 197 Å². The van der Waals surface area contributed by atoms with E-state index in [4.69, 9.17) is 4.98 Å². The summed E-state index contributed by atoms with van der Waals surface area (Å²) in [5.41, 5.74) is 3.97. The third-order valence-corrected chi connectivity index (χ3v) is 7.86. The van der Waals surface area contributed by atoms with Crippen LogP contribution in [0.25, 0.3) is 16.0 Å². The lowest BCUT2D eigenvalue weighted by Crippen LogP contribution is -2.43. The molecule has 1 aliphatic heterocycles. The number of hydrogen-bond acceptors (Lipinski definition) is 5. The van der Waals surface area contributed by atoms with Crippen LogP contribution >= 0.6 is 11.3 Å². The van der Waals surface area contributed by atoms with Crippen molar-refractivity contribution in [2.24, 2.45) is 5.92 Å². The molecule has 174 valence electrons. The summed E-state index contributed by atoms with van der Waals surface area (Å²) >= 11 is 1.62. The summed E-state index contributed by atoms with van der Waals surface area (Å²) < 4.78 is 16.2. The molecule has 0 saturated carbocycles. The average Bonchev–Trinajstić information content (AvgIpc) is 3.41. The smallest absolute Gasteiger partial charge is 0.224 e. The second-order valence-corrected chi connectivity index (χ2v) is 10.0. The molecule has 1 aliphatic carbocycles. The zero-order valence-corrected chi connectivity index (χ0v) is 19.8. The first kappa shape index (κ1) is 22.1. The van der Waals surface area contributed by atoms with E-state index in [0.717, 1.165) is 59.2 Å². The molecular weight excluding hydrogens is 437 g/mol. The van der Waals surface area contributed by atoms with Gasteiger partial charge in [0.05, 0.1) is 22.0 Å². The number of halogens is 1. The van der Waals surface area contributed by atoms with E-state index in [1.54, 1.807) is 28.2 Å². The van der Waals surface area contributed by atoms with Gasteiger partial charge >= 0.3 is 0 Å². The summed E-state index contributed by atoms with van der Waals surface area (Å²) in [5.74, 6) is -0.127. The standard InChI is InChI=1S/C25H30FN5OS/c1-17-22-23(31(29-17)21-11-9-20(26)10-12-21)28-25(33-22)30-15-5-8-19(16-30)24(32)27-14-13-18-6-3-2-4-7-18/h6,9-12,19H,2-5,7-8,13-16H2,1H3,(H,27,32). The Kier molecular flexibility index (Phi) is 6.44. The molecule has 6 nitrogen and oxygen atoms in total. The second kappa shape index (κ2) is 9.63. The number of hydrogen-bond donors (Lipinski definition) is 1. The quantitative estimate of drug-likeness (QED) is 0.509. The number of amides is 1. The SMILES string of the molecule is Cc1nn(-c2ccc(F)cc2)c2nc(N3CCCC(C(=O)NCCC4=CCCCC4)C3)sc12. The van der Waals surface area contributed by atoms with E-state index >= 15 is 0 Å². The number of allylic oxidation sites excluding steroid dienone is 1. The largest absolute Gasteiger partial charge is 0.355 e. The molecule has 2 aromatic heterocycles. The number of piperidine rings is 1. The predicted molar refractivity (Wildman–Crippen MR) is 131 cm³/mol. The molecule has 1 saturated heterocycles. The highest BCUT2D eigenvalue weighted by Crippen LogP contribution is 2.34. The Hall–Kier alpha value is -2.74. The summed E-state index contributed by atoms with van der Waals surface area (Å²) in [7, 11) is 0. The molecule has 1 aromatic carbocycles. The lowest BCUT2D eigenvalue weighted by molar-refractivity contribution is -0.125. The van der Waals surface area contributed by atoms with E-state index in [9.17, 15) is 9.18 Å². The van der Waals surface area contributed by atoms with E-state index in [0.29, 0.717) is 6.54 Å². The zero-order valence-electron chi connectivity index (χ0n) is 19.0. The number of carbonyl (C=O) groups excluding carboxylic acids is 1. The number of aryl methyl sites for hydroxylation is 1. The Bertz CT molecular complexity index is 1170. The van der Waals surface area contributed by atoms with Crippen LogP contribution in [0.2, 0.25) is 0 Å². The third-order valence-electron chi connectivity index (χ3n) is 6.64. The monoisotopic (exact) mass is 467 g/mol. The van der Waals surface area contributed by atoms with Gasteiger partial charge in [0.15, 0.2) is 10.8 Å². The topological polar surface area (TPSA) is 63.1 Å². The second-order valence-electron chi connectivity index (χ2n) is 9.06. The van der Waals surface area contributed by atoms with Gasteiger partial charge in [0.25, 0.3) is 0 Å². The first-order valence-corrected chi connectivity index (χ1v) is 12.7. The van der Waals surface area contributed by atoms with Crippen molar-refractivity contribution in [1.29, 1.82) is 0 Å². The number of nitrogens with one attached hydrogen (secondary N) is 1. The number of fused-ring (bicyclic) bond motifs is 1. The van der Waals surface area contributed by atoms with Crippen LogP contribution < -0.4 is 10.2 Å². The molecule has 1 N–H and O–H groups in total. The molecular formula is C25H30FN5OS. The van der Waals surface area contributed by atoms with Gasteiger partial charge in [-0.15, -0.1) is 0 Å². The first-order valence-electron chi connectivity index (χ1n) is 11.9. The lowest BCUT2D eigenvalue weighted by Gasteiger charge is -2.31. The van der Waals surface area contributed by atoms with Gasteiger partial charge in [0.1, 0.15) is 5.82 Å². The highest BCUT2D eigenvalue weighted by Gasteiger charge is 2.28. The number of thiazole rings is 1. The molecule has 0 bridgehead atoms. The highest BCUT2D eigenvalue weighted by molar-refractivity contribution is 7.22. The average molecular weight is 468 g/mol. The summed E-state index contributed by atoms with van der Waals surface area (Å²) in [6.45, 7) is 4.29. The molecule has 1 fully saturated rings. The molecule has 1 unspecified atom stereocenters. The number of nitrogens with zero attached hydrogens (tertiary/aromatic N) is 4. The van der Waals surface area contributed by atoms with Gasteiger partial charge in [0.2, 0.25) is 5.91 Å². The maximum atomic E-state index is 13.4. The molecule has 3 aromatic rings. The summed E-state index contributed by atoms with van der Waals surface area (Å²) in [6.07, 6.45) is 10.1. The van der Waals surface area contributed by atoms with E-state index < -0.39 is 0 Å². The molecule has 0 radical (unpaired) electrons. The molecule has 2 aliphatic rings. The van der Waals surface area contributed by atoms with Crippen molar-refractivity contribution in [2.75, 3.05) is 24.5 Å². The predicted octanol–water partition coefficient (Wildman–Crippen LogP) is 5.15. The minimum absolute atomic E-state index is 0.0132. The molecule has 5 rings (SSSR count). The maximum absolute atomic E-state index is 13.4. The van der Waals surface area contributed by atoms with Crippen LogP contribution in [-0.4, -0.2) is 40.3 Å². The Balaban J connectivity index is 1.26. The Morgan fingerprint density at radius 3 is 2.88 bits per heavy atom. The van der Waals surface area contributed by atoms with E-state index in [2.05, 4.69) is 21.4 Å². The van der Waals surface area contributed by atoms with Crippen molar-refractivity contribution < 1.29 is 9.18 Å². The van der Waals surface area contributed by atoms with Crippen molar-refractivity contribution in [3.63, 3.8) is 0 Å². The van der Waals surface area contributed by atoms with Crippen LogP contribution in [0.4, 0.5) is 9.52 Å². The van der Waals surface area contributed by atoms with Crippen molar-refractivity contribution in [2.45, 2.75) is 51.9 Å². The number of aromatic nitrogens is 3. The van der Waals surface area contributed by atoms with Crippen LogP contribution in [0.1, 0.15) is 50.6 Å². The van der Waals surface area contributed by atoms with Crippen LogP contribution in [0, 0.1) is 18.7 Å². The fourth-order valence-corrected chi connectivity index (χ4v) is 5.83. The van der Waals surface area contributed by atoms with Crippen molar-refractivity contribution in [3.05, 3.63) is 47.4 Å². The van der Waals surface area contributed by atoms with Crippen LogP contribution in [0.5, 0.6) is 0 Å². The molecule has 1 atom stereocenters. The summed E-state index contributed by atoms with van der Waals surface area (Å²) in [5, 5.41) is 8.70. The van der Waals surface area contributed by atoms with Gasteiger partial charge in [-0.3, -0.25) is 4.79 Å². The van der Waals surface area contributed by atoms with Crippen molar-refractivity contribution in [3.8, 4) is 5.69 Å². The molecule has 3 heterocycles. The zero-order chi connectivity index (χ0) is 22.8. The van der Waals surface area contributed by atoms with Crippen molar-refractivity contribution >= 4 is 32.7 Å². The van der Waals surface area contributed by atoms with Gasteiger partial charge in [0, 0.05) is 19.6 Å². The summed E-state index contributed by atoms with van der Waals surface area (Å²) in [4.78, 5) is 20.0. The number of carbonyl (C=O) groups is 1. The van der Waals surface area contributed by atoms with E-state index in [1.807, 2.05) is 6.92 Å². The minimum Gasteiger partial charge on any atom is -0.355 e. The van der Waals surface area contributed by atoms with Crippen LogP contribution in [0.3, 0.4) is 0 Å². The van der Waals surface area contributed by atoms with Gasteiger partial charge < -0.3 is 10.2 Å². The number of anilines is 1. The van der Waals surface area contributed by atoms with Gasteiger partial charge in [-0.2, -0.15) is 10.1 Å². The fourth-order valence-electron chi connectivity index (χ4n) is 4.81. The molecule has 33 heavy (non-hydrogen) atoms. The fraction of sp³-hybridized carbons (Fsp3) is 0.480. The summed E-state index contributed by atoms with van der Waals surface area (Å²) in [6, 6.07) is 6.30. The molecule has 8 heteroatoms. The number of rotatable bonds is 6. The minimum atomic E-state index is -0.272. The third kappa shape index (κ3) is 4.81. The van der Waals surface area contributed by atoms with Gasteiger partial charge in [-0.05, 0) is 76.1 Å². The van der Waals surface area contributed by atoms with Gasteiger partial charge in [-0.25, -0.2) is 9.07 Å². The van der Waals surface area contributed by atoms with Crippen molar-refractivity contribution in [1.82, 2.24) is 20.1 Å². The van der Waals surface area contributed by atoms with Crippen LogP contribution in [-0.2, 0) is 4.79 Å². The normalized spacial score (nSPS) is 19.0. The molecule has 1 amide bonds. The Morgan fingerprint density at radius 1 is 1.24 bits per heavy atom. The Morgan fingerprint density at radius 2 is 2.09 bits per heavy atom. The maximum Gasteiger partial charge on any atom is 0.224 e. The van der Waals surface area contributed by atoms with E-state index in [-0.39, 0.29) is 17.6 Å². The lowest BCUT2D eigenvalue weighted by atomic mass is 9.96.